The second kappa shape index (κ2) is 5.81. The van der Waals surface area contributed by atoms with E-state index >= 15 is 0 Å². The zero-order valence-electron chi connectivity index (χ0n) is 11.6. The summed E-state index contributed by atoms with van der Waals surface area (Å²) in [5, 5.41) is 4.08. The Morgan fingerprint density at radius 3 is 2.85 bits per heavy atom. The number of benzene rings is 1. The van der Waals surface area contributed by atoms with Crippen LogP contribution in [-0.2, 0) is 6.42 Å². The highest BCUT2D eigenvalue weighted by Gasteiger charge is 2.15. The fourth-order valence-electron chi connectivity index (χ4n) is 1.91. The van der Waals surface area contributed by atoms with Crippen molar-refractivity contribution in [3.05, 3.63) is 41.7 Å². The Morgan fingerprint density at radius 1 is 1.45 bits per heavy atom. The lowest BCUT2D eigenvalue weighted by Crippen LogP contribution is -2.13. The van der Waals surface area contributed by atoms with E-state index in [0.29, 0.717) is 11.4 Å². The molecule has 0 spiro atoms. The largest absolute Gasteiger partial charge is 0.494 e. The predicted octanol–water partition coefficient (Wildman–Crippen LogP) is 2.43. The van der Waals surface area contributed by atoms with Crippen LogP contribution in [-0.4, -0.2) is 27.7 Å². The summed E-state index contributed by atoms with van der Waals surface area (Å²) in [6, 6.07) is 4.19. The monoisotopic (exact) mass is 277 g/mol. The fourth-order valence-corrected chi connectivity index (χ4v) is 1.91. The number of ketones is 1. The third-order valence-corrected chi connectivity index (χ3v) is 2.93. The van der Waals surface area contributed by atoms with Crippen molar-refractivity contribution in [2.75, 3.05) is 7.11 Å². The molecule has 0 N–H and O–H groups in total. The number of ether oxygens (including phenoxy) is 1. The molecule has 0 unspecified atom stereocenters. The lowest BCUT2D eigenvalue weighted by atomic mass is 10.1. The Labute approximate surface area is 116 Å². The third-order valence-electron chi connectivity index (χ3n) is 2.93. The number of rotatable bonds is 5. The summed E-state index contributed by atoms with van der Waals surface area (Å²) >= 11 is 0. The van der Waals surface area contributed by atoms with Crippen LogP contribution in [0.4, 0.5) is 4.39 Å². The van der Waals surface area contributed by atoms with E-state index in [1.165, 1.54) is 31.6 Å². The highest BCUT2D eigenvalue weighted by molar-refractivity contribution is 5.97. The van der Waals surface area contributed by atoms with E-state index in [0.717, 1.165) is 0 Å². The molecule has 0 aliphatic carbocycles. The van der Waals surface area contributed by atoms with Crippen molar-refractivity contribution >= 4 is 5.78 Å². The molecule has 20 heavy (non-hydrogen) atoms. The Bertz CT molecular complexity index is 623. The maximum atomic E-state index is 13.3. The van der Waals surface area contributed by atoms with Crippen molar-refractivity contribution < 1.29 is 13.9 Å². The molecule has 2 aromatic rings. The SMILES string of the molecule is COc1cc(C(=O)Cc2ncnn2C(C)C)ccc1F. The smallest absolute Gasteiger partial charge is 0.170 e. The van der Waals surface area contributed by atoms with Crippen molar-refractivity contribution in [2.45, 2.75) is 26.3 Å². The van der Waals surface area contributed by atoms with Crippen molar-refractivity contribution in [2.24, 2.45) is 0 Å². The zero-order chi connectivity index (χ0) is 14.7. The first kappa shape index (κ1) is 14.2. The van der Waals surface area contributed by atoms with Crippen LogP contribution in [0.2, 0.25) is 0 Å². The van der Waals surface area contributed by atoms with Gasteiger partial charge in [-0.1, -0.05) is 0 Å². The Kier molecular flexibility index (Phi) is 4.12. The second-order valence-corrected chi connectivity index (χ2v) is 4.66. The standard InChI is InChI=1S/C14H16FN3O2/c1-9(2)18-14(16-8-17-18)7-12(19)10-4-5-11(15)13(6-10)20-3/h4-6,8-9H,7H2,1-3H3. The van der Waals surface area contributed by atoms with Gasteiger partial charge in [-0.3, -0.25) is 4.79 Å². The van der Waals surface area contributed by atoms with Crippen molar-refractivity contribution in [1.29, 1.82) is 0 Å². The summed E-state index contributed by atoms with van der Waals surface area (Å²) in [4.78, 5) is 16.3. The topological polar surface area (TPSA) is 57.0 Å². The van der Waals surface area contributed by atoms with Gasteiger partial charge in [0.2, 0.25) is 0 Å². The third kappa shape index (κ3) is 2.84. The predicted molar refractivity (Wildman–Crippen MR) is 71.4 cm³/mol. The fraction of sp³-hybridized carbons (Fsp3) is 0.357. The Balaban J connectivity index is 2.22. The van der Waals surface area contributed by atoms with Crippen LogP contribution < -0.4 is 4.74 Å². The zero-order valence-corrected chi connectivity index (χ0v) is 11.6. The molecular formula is C14H16FN3O2. The molecule has 0 aliphatic heterocycles. The number of aromatic nitrogens is 3. The molecule has 106 valence electrons. The first-order valence-electron chi connectivity index (χ1n) is 6.28. The molecule has 1 aromatic carbocycles. The highest BCUT2D eigenvalue weighted by atomic mass is 19.1. The van der Waals surface area contributed by atoms with Crippen molar-refractivity contribution in [1.82, 2.24) is 14.8 Å². The van der Waals surface area contributed by atoms with E-state index in [1.807, 2.05) is 13.8 Å². The van der Waals surface area contributed by atoms with Gasteiger partial charge in [0, 0.05) is 11.6 Å². The van der Waals surface area contributed by atoms with Crippen LogP contribution >= 0.6 is 0 Å². The highest BCUT2D eigenvalue weighted by Crippen LogP contribution is 2.19. The summed E-state index contributed by atoms with van der Waals surface area (Å²) in [5.74, 6) is 0.00191. The van der Waals surface area contributed by atoms with Gasteiger partial charge in [0.15, 0.2) is 17.3 Å². The van der Waals surface area contributed by atoms with E-state index in [1.54, 1.807) is 4.68 Å². The number of halogens is 1. The number of hydrogen-bond acceptors (Lipinski definition) is 4. The second-order valence-electron chi connectivity index (χ2n) is 4.66. The molecular weight excluding hydrogens is 261 g/mol. The van der Waals surface area contributed by atoms with Gasteiger partial charge in [-0.25, -0.2) is 14.1 Å². The first-order chi connectivity index (χ1) is 9.52. The lowest BCUT2D eigenvalue weighted by molar-refractivity contribution is 0.0988. The number of methoxy groups -OCH3 is 1. The normalized spacial score (nSPS) is 10.8. The van der Waals surface area contributed by atoms with Crippen molar-refractivity contribution in [3.8, 4) is 5.75 Å². The molecule has 0 aliphatic rings. The molecule has 0 fully saturated rings. The lowest BCUT2D eigenvalue weighted by Gasteiger charge is -2.09. The first-order valence-corrected chi connectivity index (χ1v) is 6.28. The molecule has 2 rings (SSSR count). The number of nitrogens with zero attached hydrogens (tertiary/aromatic N) is 3. The minimum atomic E-state index is -0.491. The average molecular weight is 277 g/mol. The number of carbonyl (C=O) groups excluding carboxylic acids is 1. The minimum absolute atomic E-state index is 0.0566. The van der Waals surface area contributed by atoms with Gasteiger partial charge in [-0.2, -0.15) is 5.10 Å². The van der Waals surface area contributed by atoms with E-state index in [9.17, 15) is 9.18 Å². The van der Waals surface area contributed by atoms with Gasteiger partial charge in [0.25, 0.3) is 0 Å². The van der Waals surface area contributed by atoms with E-state index in [4.69, 9.17) is 4.74 Å². The summed E-state index contributed by atoms with van der Waals surface area (Å²) in [5.41, 5.74) is 0.390. The van der Waals surface area contributed by atoms with Gasteiger partial charge in [-0.15, -0.1) is 0 Å². The van der Waals surface area contributed by atoms with Crippen LogP contribution in [0.3, 0.4) is 0 Å². The number of carbonyl (C=O) groups is 1. The summed E-state index contributed by atoms with van der Waals surface area (Å²) in [6.45, 7) is 3.92. The molecule has 0 saturated heterocycles. The summed E-state index contributed by atoms with van der Waals surface area (Å²) in [6.07, 6.45) is 1.54. The maximum absolute atomic E-state index is 13.3. The Morgan fingerprint density at radius 2 is 2.20 bits per heavy atom. The van der Waals surface area contributed by atoms with Crippen LogP contribution in [0.15, 0.2) is 24.5 Å². The number of Topliss-reactive ketones (excluding diaryl/α,β-unsaturated/α-hetero) is 1. The van der Waals surface area contributed by atoms with E-state index < -0.39 is 5.82 Å². The molecule has 0 atom stereocenters. The minimum Gasteiger partial charge on any atom is -0.494 e. The molecule has 5 nitrogen and oxygen atoms in total. The quantitative estimate of drug-likeness (QED) is 0.788. The van der Waals surface area contributed by atoms with Gasteiger partial charge in [-0.05, 0) is 32.0 Å². The molecule has 1 heterocycles. The van der Waals surface area contributed by atoms with Gasteiger partial charge >= 0.3 is 0 Å². The van der Waals surface area contributed by atoms with Crippen LogP contribution in [0.5, 0.6) is 5.75 Å². The molecule has 0 radical (unpaired) electrons. The van der Waals surface area contributed by atoms with Gasteiger partial charge in [0.1, 0.15) is 12.2 Å². The summed E-state index contributed by atoms with van der Waals surface area (Å²) < 4.78 is 19.9. The van der Waals surface area contributed by atoms with E-state index in [2.05, 4.69) is 10.1 Å². The number of hydrogen-bond donors (Lipinski definition) is 0. The molecule has 0 bridgehead atoms. The van der Waals surface area contributed by atoms with Gasteiger partial charge < -0.3 is 4.74 Å². The average Bonchev–Trinajstić information content (AvgIpc) is 2.87. The maximum Gasteiger partial charge on any atom is 0.170 e. The van der Waals surface area contributed by atoms with Crippen molar-refractivity contribution in [3.63, 3.8) is 0 Å². The summed E-state index contributed by atoms with van der Waals surface area (Å²) in [7, 11) is 1.36. The van der Waals surface area contributed by atoms with Crippen LogP contribution in [0.25, 0.3) is 0 Å². The Hall–Kier alpha value is -2.24. The van der Waals surface area contributed by atoms with Crippen LogP contribution in [0.1, 0.15) is 36.1 Å². The van der Waals surface area contributed by atoms with Crippen LogP contribution in [0, 0.1) is 5.82 Å². The molecule has 0 amide bonds. The molecule has 1 aromatic heterocycles. The van der Waals surface area contributed by atoms with E-state index in [-0.39, 0.29) is 24.0 Å². The van der Waals surface area contributed by atoms with Gasteiger partial charge in [0.05, 0.1) is 13.5 Å². The molecule has 0 saturated carbocycles. The molecule has 6 heteroatoms.